The maximum atomic E-state index is 10.6. The summed E-state index contributed by atoms with van der Waals surface area (Å²) in [4.78, 5) is 11.8. The van der Waals surface area contributed by atoms with Gasteiger partial charge in [-0.3, -0.25) is 9.48 Å². The van der Waals surface area contributed by atoms with Gasteiger partial charge in [0.15, 0.2) is 0 Å². The first-order valence-electron chi connectivity index (χ1n) is 6.50. The molecule has 1 aromatic carbocycles. The Bertz CT molecular complexity index is 546. The van der Waals surface area contributed by atoms with Crippen LogP contribution in [0.1, 0.15) is 35.6 Å². The minimum absolute atomic E-state index is 0.719. The zero-order valence-electron chi connectivity index (χ0n) is 11.3. The van der Waals surface area contributed by atoms with Crippen molar-refractivity contribution in [3.05, 3.63) is 47.3 Å². The van der Waals surface area contributed by atoms with Crippen LogP contribution < -0.4 is 0 Å². The number of aldehydes is 1. The number of aryl methyl sites for hydroxylation is 2. The second kappa shape index (κ2) is 6.57. The molecule has 4 heteroatoms. The average Bonchev–Trinajstić information content (AvgIpc) is 2.88. The lowest BCUT2D eigenvalue weighted by Gasteiger charge is -2.04. The molecule has 19 heavy (non-hydrogen) atoms. The van der Waals surface area contributed by atoms with Gasteiger partial charge >= 0.3 is 0 Å². The molecule has 0 saturated heterocycles. The van der Waals surface area contributed by atoms with Crippen molar-refractivity contribution in [2.75, 3.05) is 0 Å². The number of rotatable bonds is 6. The summed E-state index contributed by atoms with van der Waals surface area (Å²) < 4.78 is 2.06. The first-order valence-corrected chi connectivity index (χ1v) is 7.49. The number of aromatic nitrogens is 2. The van der Waals surface area contributed by atoms with Crippen molar-refractivity contribution in [1.29, 1.82) is 0 Å². The van der Waals surface area contributed by atoms with Gasteiger partial charge in [-0.2, -0.15) is 5.10 Å². The van der Waals surface area contributed by atoms with Crippen LogP contribution in [0.4, 0.5) is 0 Å². The Morgan fingerprint density at radius 2 is 2.00 bits per heavy atom. The Morgan fingerprint density at radius 3 is 2.58 bits per heavy atom. The highest BCUT2D eigenvalue weighted by Crippen LogP contribution is 2.23. The van der Waals surface area contributed by atoms with Crippen molar-refractivity contribution >= 4 is 18.0 Å². The number of hydrogen-bond donors (Lipinski definition) is 0. The van der Waals surface area contributed by atoms with E-state index in [1.807, 2.05) is 24.3 Å². The Balaban J connectivity index is 2.04. The third kappa shape index (κ3) is 3.47. The molecule has 0 fully saturated rings. The summed E-state index contributed by atoms with van der Waals surface area (Å²) in [7, 11) is 0. The SMILES string of the molecule is CCc1cc(CSc2ccc(C=O)cc2)n(CC)n1. The molecule has 0 amide bonds. The van der Waals surface area contributed by atoms with Crippen molar-refractivity contribution in [1.82, 2.24) is 9.78 Å². The van der Waals surface area contributed by atoms with Crippen LogP contribution in [-0.4, -0.2) is 16.1 Å². The first kappa shape index (κ1) is 13.9. The van der Waals surface area contributed by atoms with Crippen LogP contribution >= 0.6 is 11.8 Å². The second-order valence-corrected chi connectivity index (χ2v) is 5.32. The van der Waals surface area contributed by atoms with Gasteiger partial charge in [0.1, 0.15) is 6.29 Å². The predicted molar refractivity (Wildman–Crippen MR) is 78.7 cm³/mol. The van der Waals surface area contributed by atoms with Gasteiger partial charge in [-0.25, -0.2) is 0 Å². The van der Waals surface area contributed by atoms with E-state index in [0.717, 1.165) is 36.3 Å². The van der Waals surface area contributed by atoms with E-state index in [1.165, 1.54) is 10.6 Å². The number of carbonyl (C=O) groups excluding carboxylic acids is 1. The lowest BCUT2D eigenvalue weighted by molar-refractivity contribution is 0.112. The highest BCUT2D eigenvalue weighted by molar-refractivity contribution is 7.98. The van der Waals surface area contributed by atoms with Crippen molar-refractivity contribution in [2.45, 2.75) is 37.5 Å². The lowest BCUT2D eigenvalue weighted by Crippen LogP contribution is -2.01. The maximum absolute atomic E-state index is 10.6. The van der Waals surface area contributed by atoms with Gasteiger partial charge in [-0.15, -0.1) is 11.8 Å². The molecule has 0 aliphatic heterocycles. The van der Waals surface area contributed by atoms with Gasteiger partial charge in [0.05, 0.1) is 5.69 Å². The molecular weight excluding hydrogens is 256 g/mol. The fraction of sp³-hybridized carbons (Fsp3) is 0.333. The Morgan fingerprint density at radius 1 is 1.26 bits per heavy atom. The van der Waals surface area contributed by atoms with Gasteiger partial charge in [-0.05, 0) is 31.5 Å². The van der Waals surface area contributed by atoms with Crippen molar-refractivity contribution in [3.8, 4) is 0 Å². The van der Waals surface area contributed by atoms with E-state index in [0.29, 0.717) is 0 Å². The standard InChI is InChI=1S/C15H18N2OS/c1-3-13-9-14(17(4-2)16-13)11-19-15-7-5-12(10-18)6-8-15/h5-10H,3-4,11H2,1-2H3. The number of nitrogens with zero attached hydrogens (tertiary/aromatic N) is 2. The van der Waals surface area contributed by atoms with Crippen LogP contribution in [-0.2, 0) is 18.7 Å². The molecule has 2 aromatic rings. The molecule has 0 atom stereocenters. The zero-order chi connectivity index (χ0) is 13.7. The molecule has 0 radical (unpaired) electrons. The summed E-state index contributed by atoms with van der Waals surface area (Å²) in [5.41, 5.74) is 3.12. The van der Waals surface area contributed by atoms with Crippen molar-refractivity contribution in [2.24, 2.45) is 0 Å². The van der Waals surface area contributed by atoms with Gasteiger partial charge in [0.25, 0.3) is 0 Å². The summed E-state index contributed by atoms with van der Waals surface area (Å²) in [6, 6.07) is 9.85. The molecule has 0 aliphatic rings. The molecule has 3 nitrogen and oxygen atoms in total. The number of hydrogen-bond acceptors (Lipinski definition) is 3. The quantitative estimate of drug-likeness (QED) is 0.596. The predicted octanol–water partition coefficient (Wildman–Crippen LogP) is 3.57. The molecule has 100 valence electrons. The number of benzene rings is 1. The van der Waals surface area contributed by atoms with Gasteiger partial charge in [-0.1, -0.05) is 19.1 Å². The summed E-state index contributed by atoms with van der Waals surface area (Å²) in [5.74, 6) is 0.904. The molecule has 0 saturated carbocycles. The summed E-state index contributed by atoms with van der Waals surface area (Å²) in [6.07, 6.45) is 1.84. The van der Waals surface area contributed by atoms with Gasteiger partial charge < -0.3 is 0 Å². The zero-order valence-corrected chi connectivity index (χ0v) is 12.1. The van der Waals surface area contributed by atoms with E-state index < -0.39 is 0 Å². The van der Waals surface area contributed by atoms with Crippen molar-refractivity contribution in [3.63, 3.8) is 0 Å². The molecule has 1 heterocycles. The normalized spacial score (nSPS) is 10.6. The Labute approximate surface area is 118 Å². The molecular formula is C15H18N2OS. The highest BCUT2D eigenvalue weighted by Gasteiger charge is 2.06. The van der Waals surface area contributed by atoms with E-state index in [4.69, 9.17) is 0 Å². The first-order chi connectivity index (χ1) is 9.26. The van der Waals surface area contributed by atoms with Crippen LogP contribution in [0.5, 0.6) is 0 Å². The lowest BCUT2D eigenvalue weighted by atomic mass is 10.2. The molecule has 0 aliphatic carbocycles. The van der Waals surface area contributed by atoms with Crippen LogP contribution in [0.15, 0.2) is 35.2 Å². The minimum atomic E-state index is 0.719. The fourth-order valence-corrected chi connectivity index (χ4v) is 2.75. The van der Waals surface area contributed by atoms with E-state index in [1.54, 1.807) is 11.8 Å². The van der Waals surface area contributed by atoms with Crippen LogP contribution in [0, 0.1) is 0 Å². The molecule has 1 aromatic heterocycles. The van der Waals surface area contributed by atoms with E-state index in [2.05, 4.69) is 29.7 Å². The van der Waals surface area contributed by atoms with Crippen LogP contribution in [0.3, 0.4) is 0 Å². The Kier molecular flexibility index (Phi) is 4.80. The van der Waals surface area contributed by atoms with Crippen molar-refractivity contribution < 1.29 is 4.79 Å². The second-order valence-electron chi connectivity index (χ2n) is 4.27. The molecule has 0 spiro atoms. The van der Waals surface area contributed by atoms with Crippen LogP contribution in [0.2, 0.25) is 0 Å². The maximum Gasteiger partial charge on any atom is 0.150 e. The largest absolute Gasteiger partial charge is 0.298 e. The minimum Gasteiger partial charge on any atom is -0.298 e. The average molecular weight is 274 g/mol. The Hall–Kier alpha value is -1.55. The summed E-state index contributed by atoms with van der Waals surface area (Å²) in [6.45, 7) is 5.14. The summed E-state index contributed by atoms with van der Waals surface area (Å²) >= 11 is 1.77. The topological polar surface area (TPSA) is 34.9 Å². The molecule has 0 bridgehead atoms. The van der Waals surface area contributed by atoms with E-state index >= 15 is 0 Å². The van der Waals surface area contributed by atoms with Gasteiger partial charge in [0.2, 0.25) is 0 Å². The third-order valence-corrected chi connectivity index (χ3v) is 4.02. The summed E-state index contributed by atoms with van der Waals surface area (Å²) in [5, 5.41) is 4.54. The number of carbonyl (C=O) groups is 1. The fourth-order valence-electron chi connectivity index (χ4n) is 1.88. The highest BCUT2D eigenvalue weighted by atomic mass is 32.2. The molecule has 2 rings (SSSR count). The van der Waals surface area contributed by atoms with E-state index in [9.17, 15) is 4.79 Å². The smallest absolute Gasteiger partial charge is 0.150 e. The van der Waals surface area contributed by atoms with E-state index in [-0.39, 0.29) is 0 Å². The third-order valence-electron chi connectivity index (χ3n) is 2.98. The monoisotopic (exact) mass is 274 g/mol. The molecule has 0 unspecified atom stereocenters. The molecule has 0 N–H and O–H groups in total. The van der Waals surface area contributed by atoms with Gasteiger partial charge in [0, 0.05) is 28.5 Å². The van der Waals surface area contributed by atoms with Crippen LogP contribution in [0.25, 0.3) is 0 Å². The number of thioether (sulfide) groups is 1.